The number of thioether (sulfide) groups is 1. The predicted molar refractivity (Wildman–Crippen MR) is 160 cm³/mol. The van der Waals surface area contributed by atoms with Gasteiger partial charge in [0, 0.05) is 37.0 Å². The smallest absolute Gasteiger partial charge is 0.255 e. The lowest BCUT2D eigenvalue weighted by molar-refractivity contribution is -0.125. The average Bonchev–Trinajstić information content (AvgIpc) is 3.40. The van der Waals surface area contributed by atoms with Gasteiger partial charge < -0.3 is 10.2 Å². The van der Waals surface area contributed by atoms with Crippen molar-refractivity contribution < 1.29 is 14.0 Å². The number of carbonyl (C=O) groups excluding carboxylic acids is 2. The van der Waals surface area contributed by atoms with Gasteiger partial charge in [-0.15, -0.1) is 11.8 Å². The number of rotatable bonds is 6. The Hall–Kier alpha value is -3.16. The van der Waals surface area contributed by atoms with E-state index in [1.54, 1.807) is 16.7 Å². The number of nitrogens with one attached hydrogen (secondary N) is 1. The predicted octanol–water partition coefficient (Wildman–Crippen LogP) is 6.16. The second-order valence-electron chi connectivity index (χ2n) is 11.8. The molecule has 40 heavy (non-hydrogen) atoms. The normalized spacial score (nSPS) is 20.4. The van der Waals surface area contributed by atoms with Crippen LogP contribution >= 0.6 is 11.8 Å². The Morgan fingerprint density at radius 1 is 0.925 bits per heavy atom. The van der Waals surface area contributed by atoms with Gasteiger partial charge in [0.15, 0.2) is 0 Å². The Morgan fingerprint density at radius 3 is 2.20 bits per heavy atom. The van der Waals surface area contributed by atoms with Crippen molar-refractivity contribution in [2.24, 2.45) is 0 Å². The van der Waals surface area contributed by atoms with Crippen LogP contribution in [-0.4, -0.2) is 52.5 Å². The maximum Gasteiger partial charge on any atom is 0.255 e. The Kier molecular flexibility index (Phi) is 8.62. The zero-order valence-corrected chi connectivity index (χ0v) is 24.3. The molecule has 1 N–H and O–H groups in total. The van der Waals surface area contributed by atoms with Crippen molar-refractivity contribution in [1.82, 2.24) is 15.1 Å². The average molecular weight is 560 g/mol. The van der Waals surface area contributed by atoms with E-state index in [0.29, 0.717) is 11.3 Å². The van der Waals surface area contributed by atoms with Crippen LogP contribution in [-0.2, 0) is 16.8 Å². The lowest BCUT2D eigenvalue weighted by Crippen LogP contribution is -2.52. The molecule has 5 nitrogen and oxygen atoms in total. The minimum absolute atomic E-state index is 0.0179. The van der Waals surface area contributed by atoms with Crippen molar-refractivity contribution in [3.05, 3.63) is 107 Å². The minimum atomic E-state index is -0.600. The molecule has 2 fully saturated rings. The van der Waals surface area contributed by atoms with E-state index in [2.05, 4.69) is 79.5 Å². The Bertz CT molecular complexity index is 1300. The van der Waals surface area contributed by atoms with E-state index < -0.39 is 11.9 Å². The molecule has 0 spiro atoms. The van der Waals surface area contributed by atoms with Crippen molar-refractivity contribution in [3.8, 4) is 0 Å². The van der Waals surface area contributed by atoms with Crippen LogP contribution < -0.4 is 5.32 Å². The van der Waals surface area contributed by atoms with E-state index >= 15 is 0 Å². The summed E-state index contributed by atoms with van der Waals surface area (Å²) in [6.45, 7) is 9.26. The van der Waals surface area contributed by atoms with E-state index in [9.17, 15) is 14.0 Å². The second-order valence-corrected chi connectivity index (χ2v) is 13.0. The summed E-state index contributed by atoms with van der Waals surface area (Å²) < 4.78 is 13.6. The molecule has 2 unspecified atom stereocenters. The van der Waals surface area contributed by atoms with Crippen molar-refractivity contribution in [1.29, 1.82) is 0 Å². The Balaban J connectivity index is 1.29. The number of carbonyl (C=O) groups is 2. The molecule has 0 radical (unpaired) electrons. The van der Waals surface area contributed by atoms with Crippen molar-refractivity contribution >= 4 is 23.6 Å². The maximum absolute atomic E-state index is 13.8. The first kappa shape index (κ1) is 28.4. The lowest BCUT2D eigenvalue weighted by Gasteiger charge is -2.34. The first-order chi connectivity index (χ1) is 19.2. The van der Waals surface area contributed by atoms with E-state index in [1.807, 2.05) is 6.07 Å². The quantitative estimate of drug-likeness (QED) is 0.393. The first-order valence-electron chi connectivity index (χ1n) is 14.1. The van der Waals surface area contributed by atoms with E-state index in [0.717, 1.165) is 38.0 Å². The summed E-state index contributed by atoms with van der Waals surface area (Å²) >= 11 is 1.61. The molecule has 3 aromatic rings. The van der Waals surface area contributed by atoms with Gasteiger partial charge in [0.05, 0.1) is 0 Å². The molecule has 0 aliphatic carbocycles. The Morgan fingerprint density at radius 2 is 1.57 bits per heavy atom. The molecule has 0 aromatic heterocycles. The third-order valence-corrected chi connectivity index (χ3v) is 9.20. The summed E-state index contributed by atoms with van der Waals surface area (Å²) in [7, 11) is 0. The molecule has 2 saturated heterocycles. The molecule has 7 heteroatoms. The summed E-state index contributed by atoms with van der Waals surface area (Å²) in [5.41, 5.74) is 3.89. The fraction of sp³-hybridized carbons (Fsp3) is 0.394. The van der Waals surface area contributed by atoms with E-state index in [-0.39, 0.29) is 28.6 Å². The van der Waals surface area contributed by atoms with Gasteiger partial charge in [0.25, 0.3) is 5.91 Å². The fourth-order valence-electron chi connectivity index (χ4n) is 5.48. The van der Waals surface area contributed by atoms with Crippen LogP contribution in [0.4, 0.5) is 4.39 Å². The van der Waals surface area contributed by atoms with Crippen molar-refractivity contribution in [3.63, 3.8) is 0 Å². The zero-order valence-electron chi connectivity index (χ0n) is 23.5. The van der Waals surface area contributed by atoms with Crippen molar-refractivity contribution in [2.45, 2.75) is 63.0 Å². The molecule has 210 valence electrons. The van der Waals surface area contributed by atoms with Gasteiger partial charge in [-0.25, -0.2) is 4.39 Å². The standard InChI is InChI=1S/C33H38FN3O2S/c1-33(2,3)26-13-9-25(10-14-26)32-37(31(39)24-11-15-27(34)16-12-24)29(22-40-32)30(38)35-28-17-19-36(20-18-28)21-23-7-5-4-6-8-23/h4-16,28-29,32H,17-22H2,1-3H3,(H,35,38). The number of amides is 2. The molecule has 5 rings (SSSR count). The molecular weight excluding hydrogens is 521 g/mol. The van der Waals surface area contributed by atoms with Crippen molar-refractivity contribution in [2.75, 3.05) is 18.8 Å². The zero-order chi connectivity index (χ0) is 28.3. The molecule has 3 aromatic carbocycles. The maximum atomic E-state index is 13.8. The first-order valence-corrected chi connectivity index (χ1v) is 15.1. The largest absolute Gasteiger partial charge is 0.351 e. The van der Waals surface area contributed by atoms with Gasteiger partial charge >= 0.3 is 0 Å². The molecular formula is C33H38FN3O2S. The molecule has 0 bridgehead atoms. The van der Waals surface area contributed by atoms with Gasteiger partial charge in [-0.1, -0.05) is 75.4 Å². The lowest BCUT2D eigenvalue weighted by atomic mass is 9.86. The third kappa shape index (κ3) is 6.58. The van der Waals surface area contributed by atoms with Crippen LogP contribution in [0.1, 0.15) is 66.0 Å². The van der Waals surface area contributed by atoms with Crippen LogP contribution in [0.15, 0.2) is 78.9 Å². The number of hydrogen-bond donors (Lipinski definition) is 1. The summed E-state index contributed by atoms with van der Waals surface area (Å²) in [5, 5.41) is 2.96. The van der Waals surface area contributed by atoms with Gasteiger partial charge in [0.2, 0.25) is 5.91 Å². The number of hydrogen-bond acceptors (Lipinski definition) is 4. The van der Waals surface area contributed by atoms with Crippen LogP contribution in [0, 0.1) is 5.82 Å². The van der Waals surface area contributed by atoms with Crippen LogP contribution in [0.25, 0.3) is 0 Å². The minimum Gasteiger partial charge on any atom is -0.351 e. The van der Waals surface area contributed by atoms with Crippen LogP contribution in [0.2, 0.25) is 0 Å². The number of benzene rings is 3. The Labute approximate surface area is 241 Å². The summed E-state index contributed by atoms with van der Waals surface area (Å²) in [6, 6.07) is 23.8. The van der Waals surface area contributed by atoms with Gasteiger partial charge in [-0.3, -0.25) is 14.5 Å². The van der Waals surface area contributed by atoms with Gasteiger partial charge in [0.1, 0.15) is 17.2 Å². The monoisotopic (exact) mass is 559 g/mol. The number of likely N-dealkylation sites (tertiary alicyclic amines) is 1. The fourth-order valence-corrected chi connectivity index (χ4v) is 6.91. The molecule has 0 saturated carbocycles. The topological polar surface area (TPSA) is 52.7 Å². The van der Waals surface area contributed by atoms with Gasteiger partial charge in [-0.05, 0) is 59.2 Å². The molecule has 2 atom stereocenters. The van der Waals surface area contributed by atoms with E-state index in [1.165, 1.54) is 35.4 Å². The van der Waals surface area contributed by atoms with Gasteiger partial charge in [-0.2, -0.15) is 0 Å². The number of piperidine rings is 1. The highest BCUT2D eigenvalue weighted by molar-refractivity contribution is 7.99. The second kappa shape index (κ2) is 12.1. The number of nitrogens with zero attached hydrogens (tertiary/aromatic N) is 2. The SMILES string of the molecule is CC(C)(C)c1ccc(C2SCC(C(=O)NC3CCN(Cc4ccccc4)CC3)N2C(=O)c2ccc(F)cc2)cc1. The van der Waals surface area contributed by atoms with Crippen LogP contribution in [0.5, 0.6) is 0 Å². The summed E-state index contributed by atoms with van der Waals surface area (Å²) in [4.78, 5) is 31.6. The van der Waals surface area contributed by atoms with Crippen LogP contribution in [0.3, 0.4) is 0 Å². The third-order valence-electron chi connectivity index (χ3n) is 7.87. The highest BCUT2D eigenvalue weighted by Gasteiger charge is 2.43. The number of halogens is 1. The molecule has 2 aliphatic rings. The summed E-state index contributed by atoms with van der Waals surface area (Å²) in [6.07, 6.45) is 1.75. The highest BCUT2D eigenvalue weighted by atomic mass is 32.2. The summed E-state index contributed by atoms with van der Waals surface area (Å²) in [5.74, 6) is -0.252. The molecule has 2 heterocycles. The highest BCUT2D eigenvalue weighted by Crippen LogP contribution is 2.43. The van der Waals surface area contributed by atoms with E-state index in [4.69, 9.17) is 0 Å². The molecule has 2 amide bonds. The molecule has 2 aliphatic heterocycles.